The van der Waals surface area contributed by atoms with Crippen LogP contribution in [-0.4, -0.2) is 49.1 Å². The molecule has 5 nitrogen and oxygen atoms in total. The largest absolute Gasteiger partial charge is 0.464 e. The molecule has 1 unspecified atom stereocenters. The molecule has 1 aliphatic rings. The van der Waals surface area contributed by atoms with Gasteiger partial charge >= 0.3 is 5.97 Å². The molecule has 1 aliphatic heterocycles. The third-order valence-electron chi connectivity index (χ3n) is 3.68. The first-order chi connectivity index (χ1) is 10.0. The fourth-order valence-corrected chi connectivity index (χ4v) is 2.60. The minimum Gasteiger partial charge on any atom is -0.464 e. The molecular weight excluding hydrogens is 268 g/mol. The topological polar surface area (TPSA) is 58.6 Å². The van der Waals surface area contributed by atoms with Crippen LogP contribution in [0.4, 0.5) is 0 Å². The number of nitrogens with zero attached hydrogens (tertiary/aromatic N) is 1. The zero-order valence-corrected chi connectivity index (χ0v) is 12.8. The Balaban J connectivity index is 2.24. The summed E-state index contributed by atoms with van der Waals surface area (Å²) in [7, 11) is 0. The fraction of sp³-hybridized carbons (Fsp3) is 0.500. The van der Waals surface area contributed by atoms with Gasteiger partial charge in [-0.05, 0) is 32.4 Å². The second-order valence-corrected chi connectivity index (χ2v) is 5.29. The summed E-state index contributed by atoms with van der Waals surface area (Å²) >= 11 is 0. The number of hydrogen-bond acceptors (Lipinski definition) is 4. The fourth-order valence-electron chi connectivity index (χ4n) is 2.60. The third kappa shape index (κ3) is 3.42. The van der Waals surface area contributed by atoms with Crippen LogP contribution in [0.2, 0.25) is 0 Å². The first kappa shape index (κ1) is 15.5. The van der Waals surface area contributed by atoms with E-state index in [-0.39, 0.29) is 11.9 Å². The molecule has 1 heterocycles. The van der Waals surface area contributed by atoms with Crippen LogP contribution >= 0.6 is 0 Å². The Labute approximate surface area is 125 Å². The predicted molar refractivity (Wildman–Crippen MR) is 80.2 cm³/mol. The summed E-state index contributed by atoms with van der Waals surface area (Å²) < 4.78 is 5.07. The summed E-state index contributed by atoms with van der Waals surface area (Å²) in [6, 6.07) is 5.18. The van der Waals surface area contributed by atoms with Gasteiger partial charge in [0.25, 0.3) is 5.91 Å². The van der Waals surface area contributed by atoms with Crippen molar-refractivity contribution in [2.75, 3.05) is 26.2 Å². The van der Waals surface area contributed by atoms with Crippen molar-refractivity contribution in [1.29, 1.82) is 0 Å². The van der Waals surface area contributed by atoms with E-state index in [0.717, 1.165) is 11.1 Å². The van der Waals surface area contributed by atoms with Gasteiger partial charge in [-0.3, -0.25) is 4.79 Å². The number of rotatable bonds is 3. The zero-order chi connectivity index (χ0) is 15.4. The van der Waals surface area contributed by atoms with Crippen LogP contribution in [0.15, 0.2) is 18.2 Å². The predicted octanol–water partition coefficient (Wildman–Crippen LogP) is 1.28. The molecule has 0 radical (unpaired) electrons. The van der Waals surface area contributed by atoms with Gasteiger partial charge in [-0.2, -0.15) is 0 Å². The molecule has 1 aromatic rings. The first-order valence-corrected chi connectivity index (χ1v) is 7.30. The average molecular weight is 290 g/mol. The SMILES string of the molecule is CCOC(=O)C1CNCCN1C(=O)c1ccc(C)cc1C. The van der Waals surface area contributed by atoms with Crippen molar-refractivity contribution in [1.82, 2.24) is 10.2 Å². The Bertz CT molecular complexity index is 542. The molecule has 0 bridgehead atoms. The van der Waals surface area contributed by atoms with Gasteiger partial charge in [0.15, 0.2) is 0 Å². The molecule has 1 saturated heterocycles. The molecule has 0 saturated carbocycles. The van der Waals surface area contributed by atoms with Crippen molar-refractivity contribution in [3.05, 3.63) is 34.9 Å². The number of nitrogens with one attached hydrogen (secondary N) is 1. The lowest BCUT2D eigenvalue weighted by atomic mass is 10.0. The quantitative estimate of drug-likeness (QED) is 0.852. The van der Waals surface area contributed by atoms with Crippen LogP contribution in [0.3, 0.4) is 0 Å². The number of hydrogen-bond donors (Lipinski definition) is 1. The van der Waals surface area contributed by atoms with E-state index >= 15 is 0 Å². The third-order valence-corrected chi connectivity index (χ3v) is 3.68. The van der Waals surface area contributed by atoms with E-state index in [9.17, 15) is 9.59 Å². The number of carbonyl (C=O) groups is 2. The Hall–Kier alpha value is -1.88. The summed E-state index contributed by atoms with van der Waals surface area (Å²) in [5.74, 6) is -0.449. The number of aryl methyl sites for hydroxylation is 2. The lowest BCUT2D eigenvalue weighted by molar-refractivity contribution is -0.149. The molecule has 2 rings (SSSR count). The van der Waals surface area contributed by atoms with Gasteiger partial charge < -0.3 is 15.0 Å². The molecule has 0 aliphatic carbocycles. The summed E-state index contributed by atoms with van der Waals surface area (Å²) in [6.07, 6.45) is 0. The van der Waals surface area contributed by atoms with E-state index in [1.807, 2.05) is 32.0 Å². The number of amides is 1. The van der Waals surface area contributed by atoms with Gasteiger partial charge in [-0.1, -0.05) is 17.7 Å². The van der Waals surface area contributed by atoms with Crippen molar-refractivity contribution in [3.63, 3.8) is 0 Å². The smallest absolute Gasteiger partial charge is 0.330 e. The van der Waals surface area contributed by atoms with Crippen molar-refractivity contribution < 1.29 is 14.3 Å². The summed E-state index contributed by atoms with van der Waals surface area (Å²) in [4.78, 5) is 26.4. The average Bonchev–Trinajstić information content (AvgIpc) is 2.47. The maximum atomic E-state index is 12.7. The highest BCUT2D eigenvalue weighted by Gasteiger charge is 2.33. The first-order valence-electron chi connectivity index (χ1n) is 7.30. The Morgan fingerprint density at radius 3 is 2.81 bits per heavy atom. The highest BCUT2D eigenvalue weighted by molar-refractivity contribution is 5.98. The molecule has 1 atom stereocenters. The minimum atomic E-state index is -0.549. The standard InChI is InChI=1S/C16H22N2O3/c1-4-21-16(20)14-10-17-7-8-18(14)15(19)13-6-5-11(2)9-12(13)3/h5-6,9,14,17H,4,7-8,10H2,1-3H3. The van der Waals surface area contributed by atoms with E-state index in [4.69, 9.17) is 4.74 Å². The Morgan fingerprint density at radius 1 is 1.38 bits per heavy atom. The highest BCUT2D eigenvalue weighted by atomic mass is 16.5. The van der Waals surface area contributed by atoms with Crippen molar-refractivity contribution in [2.24, 2.45) is 0 Å². The molecular formula is C16H22N2O3. The number of benzene rings is 1. The molecule has 1 N–H and O–H groups in total. The van der Waals surface area contributed by atoms with Gasteiger partial charge in [0.1, 0.15) is 6.04 Å². The van der Waals surface area contributed by atoms with Gasteiger partial charge in [0, 0.05) is 25.2 Å². The molecule has 114 valence electrons. The lowest BCUT2D eigenvalue weighted by Crippen LogP contribution is -2.57. The van der Waals surface area contributed by atoms with Crippen molar-refractivity contribution in [2.45, 2.75) is 26.8 Å². The van der Waals surface area contributed by atoms with E-state index in [0.29, 0.717) is 31.8 Å². The monoisotopic (exact) mass is 290 g/mol. The molecule has 5 heteroatoms. The van der Waals surface area contributed by atoms with Crippen LogP contribution in [-0.2, 0) is 9.53 Å². The highest BCUT2D eigenvalue weighted by Crippen LogP contribution is 2.16. The minimum absolute atomic E-state index is 0.105. The lowest BCUT2D eigenvalue weighted by Gasteiger charge is -2.34. The van der Waals surface area contributed by atoms with Crippen molar-refractivity contribution in [3.8, 4) is 0 Å². The molecule has 1 aromatic carbocycles. The maximum Gasteiger partial charge on any atom is 0.330 e. The number of carbonyl (C=O) groups excluding carboxylic acids is 2. The second-order valence-electron chi connectivity index (χ2n) is 5.29. The van der Waals surface area contributed by atoms with E-state index in [1.165, 1.54) is 0 Å². The Morgan fingerprint density at radius 2 is 2.14 bits per heavy atom. The number of esters is 1. The van der Waals surface area contributed by atoms with Crippen molar-refractivity contribution >= 4 is 11.9 Å². The Kier molecular flexibility index (Phi) is 4.96. The van der Waals surface area contributed by atoms with E-state index in [2.05, 4.69) is 5.32 Å². The summed E-state index contributed by atoms with van der Waals surface area (Å²) in [6.45, 7) is 7.64. The van der Waals surface area contributed by atoms with Crippen LogP contribution in [0.25, 0.3) is 0 Å². The number of piperazine rings is 1. The summed E-state index contributed by atoms with van der Waals surface area (Å²) in [5, 5.41) is 3.14. The molecule has 0 aromatic heterocycles. The maximum absolute atomic E-state index is 12.7. The second kappa shape index (κ2) is 6.72. The van der Waals surface area contributed by atoms with Gasteiger partial charge in [-0.25, -0.2) is 4.79 Å². The van der Waals surface area contributed by atoms with E-state index < -0.39 is 6.04 Å². The van der Waals surface area contributed by atoms with Crippen LogP contribution in [0.1, 0.15) is 28.4 Å². The molecule has 0 spiro atoms. The van der Waals surface area contributed by atoms with Gasteiger partial charge in [0.2, 0.25) is 0 Å². The summed E-state index contributed by atoms with van der Waals surface area (Å²) in [5.41, 5.74) is 2.70. The van der Waals surface area contributed by atoms with Gasteiger partial charge in [-0.15, -0.1) is 0 Å². The van der Waals surface area contributed by atoms with Crippen LogP contribution in [0.5, 0.6) is 0 Å². The normalized spacial score (nSPS) is 18.4. The van der Waals surface area contributed by atoms with Gasteiger partial charge in [0.05, 0.1) is 6.61 Å². The molecule has 1 amide bonds. The van der Waals surface area contributed by atoms with Crippen LogP contribution in [0, 0.1) is 13.8 Å². The number of ether oxygens (including phenoxy) is 1. The van der Waals surface area contributed by atoms with E-state index in [1.54, 1.807) is 11.8 Å². The molecule has 21 heavy (non-hydrogen) atoms. The molecule has 1 fully saturated rings. The van der Waals surface area contributed by atoms with Crippen LogP contribution < -0.4 is 5.32 Å². The zero-order valence-electron chi connectivity index (χ0n) is 12.8.